The van der Waals surface area contributed by atoms with Crippen LogP contribution in [0, 0.1) is 0 Å². The van der Waals surface area contributed by atoms with Crippen molar-refractivity contribution in [2.24, 2.45) is 0 Å². The Morgan fingerprint density at radius 3 is 2.83 bits per heavy atom. The molecule has 0 unspecified atom stereocenters. The van der Waals surface area contributed by atoms with Crippen LogP contribution >= 0.6 is 39.9 Å². The molecule has 68 valence electrons. The van der Waals surface area contributed by atoms with E-state index in [0.29, 0.717) is 0 Å². The molecule has 0 N–H and O–H groups in total. The lowest BCUT2D eigenvalue weighted by molar-refractivity contribution is 0.400. The first-order valence-electron chi connectivity index (χ1n) is 3.76. The van der Waals surface area contributed by atoms with Gasteiger partial charge in [-0.25, -0.2) is 0 Å². The molecule has 0 bridgehead atoms. The topological polar surface area (TPSA) is 3.24 Å². The van der Waals surface area contributed by atoms with Gasteiger partial charge in [-0.1, -0.05) is 0 Å². The van der Waals surface area contributed by atoms with Crippen LogP contribution in [0.2, 0.25) is 0 Å². The first kappa shape index (κ1) is 10.6. The van der Waals surface area contributed by atoms with Gasteiger partial charge in [-0.15, -0.1) is 11.3 Å². The van der Waals surface area contributed by atoms with Crippen LogP contribution in [0.3, 0.4) is 0 Å². The Kier molecular flexibility index (Phi) is 4.64. The number of hydrogen-bond acceptors (Lipinski definition) is 3. The van der Waals surface area contributed by atoms with Crippen LogP contribution in [0.1, 0.15) is 4.88 Å². The van der Waals surface area contributed by atoms with Gasteiger partial charge < -0.3 is 0 Å². The van der Waals surface area contributed by atoms with Gasteiger partial charge in [0.05, 0.1) is 3.79 Å². The van der Waals surface area contributed by atoms with E-state index >= 15 is 0 Å². The molecule has 0 saturated carbocycles. The van der Waals surface area contributed by atoms with Gasteiger partial charge in [-0.05, 0) is 41.5 Å². The van der Waals surface area contributed by atoms with Gasteiger partial charge in [0.25, 0.3) is 0 Å². The maximum atomic E-state index is 4.19. The first-order chi connectivity index (χ1) is 5.72. The number of hydrogen-bond donors (Lipinski definition) is 1. The summed E-state index contributed by atoms with van der Waals surface area (Å²) in [5.41, 5.74) is 0. The Labute approximate surface area is 91.3 Å². The fourth-order valence-electron chi connectivity index (χ4n) is 0.858. The van der Waals surface area contributed by atoms with Gasteiger partial charge in [0.2, 0.25) is 0 Å². The molecule has 0 radical (unpaired) electrons. The highest BCUT2D eigenvalue weighted by molar-refractivity contribution is 9.11. The van der Waals surface area contributed by atoms with E-state index in [1.54, 1.807) is 11.3 Å². The third-order valence-electron chi connectivity index (χ3n) is 1.61. The summed E-state index contributed by atoms with van der Waals surface area (Å²) in [5.74, 6) is 0.826. The van der Waals surface area contributed by atoms with Gasteiger partial charge in [0.15, 0.2) is 0 Å². The van der Waals surface area contributed by atoms with E-state index in [1.165, 1.54) is 8.66 Å². The zero-order valence-corrected chi connectivity index (χ0v) is 10.3. The van der Waals surface area contributed by atoms with E-state index in [4.69, 9.17) is 0 Å². The van der Waals surface area contributed by atoms with Crippen molar-refractivity contribution in [1.29, 1.82) is 0 Å². The van der Waals surface area contributed by atoms with E-state index < -0.39 is 0 Å². The average Bonchev–Trinajstić information content (AvgIpc) is 2.47. The molecule has 1 rings (SSSR count). The summed E-state index contributed by atoms with van der Waals surface area (Å²) in [4.78, 5) is 3.62. The maximum Gasteiger partial charge on any atom is 0.0701 e. The molecule has 12 heavy (non-hydrogen) atoms. The van der Waals surface area contributed by atoms with E-state index in [9.17, 15) is 0 Å². The van der Waals surface area contributed by atoms with Crippen molar-refractivity contribution in [3.05, 3.63) is 20.8 Å². The van der Waals surface area contributed by atoms with Crippen LogP contribution in [0.25, 0.3) is 0 Å². The molecular weight excluding hydrogens is 254 g/mol. The summed E-state index contributed by atoms with van der Waals surface area (Å²) < 4.78 is 1.21. The predicted octanol–water partition coefficient (Wildman–Crippen LogP) is 2.87. The highest BCUT2D eigenvalue weighted by Gasteiger charge is 1.99. The molecule has 4 heteroatoms. The minimum Gasteiger partial charge on any atom is -0.297 e. The summed E-state index contributed by atoms with van der Waals surface area (Å²) >= 11 is 9.44. The van der Waals surface area contributed by atoms with Crippen molar-refractivity contribution in [2.45, 2.75) is 6.42 Å². The van der Waals surface area contributed by atoms with Crippen molar-refractivity contribution in [1.82, 2.24) is 4.90 Å². The summed E-state index contributed by atoms with van der Waals surface area (Å²) in [5, 5.41) is 0. The molecule has 1 nitrogen and oxygen atoms in total. The fourth-order valence-corrected chi connectivity index (χ4v) is 2.47. The third kappa shape index (κ3) is 3.47. The lowest BCUT2D eigenvalue weighted by Crippen LogP contribution is -2.18. The van der Waals surface area contributed by atoms with Crippen LogP contribution in [-0.2, 0) is 6.42 Å². The second kappa shape index (κ2) is 5.27. The second-order valence-corrected chi connectivity index (χ2v) is 5.51. The third-order valence-corrected chi connectivity index (χ3v) is 3.78. The van der Waals surface area contributed by atoms with Gasteiger partial charge in [0.1, 0.15) is 0 Å². The number of thiol groups is 1. The Hall–Kier alpha value is 0.490. The molecule has 0 amide bonds. The molecule has 0 aliphatic carbocycles. The Balaban J connectivity index is 2.33. The molecule has 0 atom stereocenters. The van der Waals surface area contributed by atoms with Crippen molar-refractivity contribution < 1.29 is 0 Å². The Morgan fingerprint density at radius 2 is 2.33 bits per heavy atom. The zero-order valence-electron chi connectivity index (χ0n) is 6.96. The molecular formula is C8H12BrNS2. The lowest BCUT2D eigenvalue weighted by Gasteiger charge is -2.11. The molecule has 1 heterocycles. The fraction of sp³-hybridized carbons (Fsp3) is 0.500. The summed E-state index contributed by atoms with van der Waals surface area (Å²) in [6, 6.07) is 4.27. The standard InChI is InChI=1S/C8H12BrNS2/c1-10(6-11)5-4-7-2-3-8(9)12-7/h2-3,11H,4-6H2,1H3. The van der Waals surface area contributed by atoms with Crippen LogP contribution in [0.4, 0.5) is 0 Å². The number of halogens is 1. The smallest absolute Gasteiger partial charge is 0.0701 e. The molecule has 0 fully saturated rings. The minimum atomic E-state index is 0.826. The van der Waals surface area contributed by atoms with E-state index in [-0.39, 0.29) is 0 Å². The molecule has 0 aromatic carbocycles. The zero-order chi connectivity index (χ0) is 8.97. The summed E-state index contributed by atoms with van der Waals surface area (Å²) in [6.07, 6.45) is 1.12. The molecule has 0 aliphatic rings. The lowest BCUT2D eigenvalue weighted by atomic mass is 10.3. The second-order valence-electron chi connectivity index (χ2n) is 2.68. The first-order valence-corrected chi connectivity index (χ1v) is 6.00. The molecule has 0 saturated heterocycles. The normalized spacial score (nSPS) is 11.0. The number of likely N-dealkylation sites (N-methyl/N-ethyl adjacent to an activating group) is 1. The van der Waals surface area contributed by atoms with E-state index in [1.807, 2.05) is 0 Å². The average molecular weight is 266 g/mol. The number of thiophene rings is 1. The van der Waals surface area contributed by atoms with Crippen molar-refractivity contribution in [2.75, 3.05) is 19.5 Å². The van der Waals surface area contributed by atoms with E-state index in [0.717, 1.165) is 18.8 Å². The van der Waals surface area contributed by atoms with Gasteiger partial charge >= 0.3 is 0 Å². The van der Waals surface area contributed by atoms with Crippen LogP contribution in [0.5, 0.6) is 0 Å². The highest BCUT2D eigenvalue weighted by Crippen LogP contribution is 2.22. The van der Waals surface area contributed by atoms with Crippen LogP contribution < -0.4 is 0 Å². The molecule has 0 spiro atoms. The van der Waals surface area contributed by atoms with Crippen molar-refractivity contribution >= 4 is 39.9 Å². The highest BCUT2D eigenvalue weighted by atomic mass is 79.9. The van der Waals surface area contributed by atoms with Gasteiger partial charge in [-0.3, -0.25) is 4.90 Å². The quantitative estimate of drug-likeness (QED) is 0.648. The SMILES string of the molecule is CN(CS)CCc1ccc(Br)s1. The summed E-state index contributed by atoms with van der Waals surface area (Å²) in [7, 11) is 2.08. The Morgan fingerprint density at radius 1 is 1.58 bits per heavy atom. The van der Waals surface area contributed by atoms with Crippen LogP contribution in [-0.4, -0.2) is 24.4 Å². The molecule has 0 aliphatic heterocycles. The van der Waals surface area contributed by atoms with Gasteiger partial charge in [-0.2, -0.15) is 12.6 Å². The monoisotopic (exact) mass is 265 g/mol. The molecule has 1 aromatic heterocycles. The van der Waals surface area contributed by atoms with Gasteiger partial charge in [0, 0.05) is 17.3 Å². The largest absolute Gasteiger partial charge is 0.297 e. The molecule has 1 aromatic rings. The maximum absolute atomic E-state index is 4.19. The minimum absolute atomic E-state index is 0.826. The van der Waals surface area contributed by atoms with Crippen molar-refractivity contribution in [3.8, 4) is 0 Å². The predicted molar refractivity (Wildman–Crippen MR) is 62.2 cm³/mol. The number of nitrogens with zero attached hydrogens (tertiary/aromatic N) is 1. The van der Waals surface area contributed by atoms with E-state index in [2.05, 4.69) is 52.6 Å². The summed E-state index contributed by atoms with van der Waals surface area (Å²) in [6.45, 7) is 1.08. The number of rotatable bonds is 4. The Bertz CT molecular complexity index is 237. The van der Waals surface area contributed by atoms with Crippen LogP contribution in [0.15, 0.2) is 15.9 Å². The van der Waals surface area contributed by atoms with Crippen molar-refractivity contribution in [3.63, 3.8) is 0 Å².